The molecule has 0 heterocycles. The normalized spacial score (nSPS) is 13.6. The van der Waals surface area contributed by atoms with Crippen LogP contribution in [0.2, 0.25) is 0 Å². The maximum Gasteiger partial charge on any atom is 0.315 e. The highest BCUT2D eigenvalue weighted by Crippen LogP contribution is 2.06. The van der Waals surface area contributed by atoms with E-state index in [0.29, 0.717) is 0 Å². The zero-order valence-corrected chi connectivity index (χ0v) is 12.1. The van der Waals surface area contributed by atoms with E-state index in [2.05, 4.69) is 10.6 Å². The molecule has 0 rings (SSSR count). The van der Waals surface area contributed by atoms with Gasteiger partial charge in [0.2, 0.25) is 5.91 Å². The summed E-state index contributed by atoms with van der Waals surface area (Å²) in [5.74, 6) is -1.22. The molecule has 0 aliphatic heterocycles. The van der Waals surface area contributed by atoms with Gasteiger partial charge in [-0.25, -0.2) is 4.79 Å². The molecule has 2 unspecified atom stereocenters. The van der Waals surface area contributed by atoms with Gasteiger partial charge in [0.05, 0.1) is 6.42 Å². The second kappa shape index (κ2) is 7.60. The van der Waals surface area contributed by atoms with E-state index in [1.165, 1.54) is 4.90 Å². The molecular weight excluding hydrogens is 250 g/mol. The molecule has 0 bridgehead atoms. The molecule has 0 aliphatic carbocycles. The van der Waals surface area contributed by atoms with Crippen molar-refractivity contribution in [2.45, 2.75) is 39.3 Å². The first-order chi connectivity index (χ1) is 8.65. The van der Waals surface area contributed by atoms with Crippen molar-refractivity contribution < 1.29 is 19.5 Å². The fourth-order valence-corrected chi connectivity index (χ4v) is 1.50. The second-order valence-electron chi connectivity index (χ2n) is 5.02. The second-order valence-corrected chi connectivity index (χ2v) is 5.02. The van der Waals surface area contributed by atoms with E-state index in [9.17, 15) is 14.4 Å². The number of carboxylic acid groups (broad SMARTS) is 1. The minimum atomic E-state index is -0.976. The third-order valence-corrected chi connectivity index (χ3v) is 2.67. The van der Waals surface area contributed by atoms with Gasteiger partial charge in [0.15, 0.2) is 0 Å². The van der Waals surface area contributed by atoms with E-state index < -0.39 is 24.1 Å². The molecule has 2 atom stereocenters. The molecule has 0 aliphatic rings. The Morgan fingerprint density at radius 2 is 1.63 bits per heavy atom. The summed E-state index contributed by atoms with van der Waals surface area (Å²) in [6.45, 7) is 5.22. The summed E-state index contributed by atoms with van der Waals surface area (Å²) in [5, 5.41) is 13.8. The van der Waals surface area contributed by atoms with Crippen molar-refractivity contribution in [2.24, 2.45) is 5.92 Å². The third-order valence-electron chi connectivity index (χ3n) is 2.67. The Kier molecular flexibility index (Phi) is 6.89. The molecule has 0 aromatic heterocycles. The highest BCUT2D eigenvalue weighted by atomic mass is 16.4. The molecule has 7 heteroatoms. The Labute approximate surface area is 113 Å². The maximum atomic E-state index is 11.7. The lowest BCUT2D eigenvalue weighted by Crippen LogP contribution is -2.51. The quantitative estimate of drug-likeness (QED) is 0.646. The van der Waals surface area contributed by atoms with Crippen molar-refractivity contribution in [1.29, 1.82) is 0 Å². The molecule has 0 spiro atoms. The number of carboxylic acids is 1. The summed E-state index contributed by atoms with van der Waals surface area (Å²) < 4.78 is 0. The SMILES string of the molecule is CC(NC(=O)NC(CC(=O)O)C(C)C)C(=O)N(C)C. The monoisotopic (exact) mass is 273 g/mol. The van der Waals surface area contributed by atoms with Crippen molar-refractivity contribution in [3.63, 3.8) is 0 Å². The van der Waals surface area contributed by atoms with Gasteiger partial charge in [0, 0.05) is 20.1 Å². The Morgan fingerprint density at radius 1 is 1.11 bits per heavy atom. The molecule has 0 radical (unpaired) electrons. The van der Waals surface area contributed by atoms with E-state index in [1.54, 1.807) is 21.0 Å². The lowest BCUT2D eigenvalue weighted by atomic mass is 10.0. The number of nitrogens with one attached hydrogen (secondary N) is 2. The smallest absolute Gasteiger partial charge is 0.315 e. The van der Waals surface area contributed by atoms with Gasteiger partial charge in [-0.3, -0.25) is 9.59 Å². The van der Waals surface area contributed by atoms with Crippen molar-refractivity contribution in [2.75, 3.05) is 14.1 Å². The van der Waals surface area contributed by atoms with Gasteiger partial charge in [-0.2, -0.15) is 0 Å². The van der Waals surface area contributed by atoms with E-state index in [4.69, 9.17) is 5.11 Å². The van der Waals surface area contributed by atoms with Gasteiger partial charge in [0.1, 0.15) is 6.04 Å². The molecule has 3 amide bonds. The van der Waals surface area contributed by atoms with E-state index in [0.717, 1.165) is 0 Å². The van der Waals surface area contributed by atoms with Crippen molar-refractivity contribution in [1.82, 2.24) is 15.5 Å². The zero-order valence-electron chi connectivity index (χ0n) is 12.1. The number of hydrogen-bond acceptors (Lipinski definition) is 3. The number of urea groups is 1. The Hall–Kier alpha value is -1.79. The molecule has 0 aromatic carbocycles. The number of likely N-dealkylation sites (N-methyl/N-ethyl adjacent to an activating group) is 1. The standard InChI is InChI=1S/C12H23N3O4/c1-7(2)9(6-10(16)17)14-12(19)13-8(3)11(18)15(4)5/h7-9H,6H2,1-5H3,(H,16,17)(H2,13,14,19). The van der Waals surface area contributed by atoms with Crippen molar-refractivity contribution in [3.8, 4) is 0 Å². The van der Waals surface area contributed by atoms with Crippen LogP contribution in [0.5, 0.6) is 0 Å². The van der Waals surface area contributed by atoms with Gasteiger partial charge in [0.25, 0.3) is 0 Å². The van der Waals surface area contributed by atoms with Crippen LogP contribution >= 0.6 is 0 Å². The summed E-state index contributed by atoms with van der Waals surface area (Å²) in [4.78, 5) is 35.3. The highest BCUT2D eigenvalue weighted by molar-refractivity contribution is 5.86. The Bertz CT molecular complexity index is 342. The molecule has 0 saturated heterocycles. The van der Waals surface area contributed by atoms with Crippen molar-refractivity contribution >= 4 is 17.9 Å². The summed E-state index contributed by atoms with van der Waals surface area (Å²) in [6, 6.07) is -1.67. The summed E-state index contributed by atoms with van der Waals surface area (Å²) in [6.07, 6.45) is -0.152. The van der Waals surface area contributed by atoms with Gasteiger partial charge >= 0.3 is 12.0 Å². The number of rotatable bonds is 6. The van der Waals surface area contributed by atoms with Crippen LogP contribution in [0.15, 0.2) is 0 Å². The van der Waals surface area contributed by atoms with Crippen LogP contribution in [-0.4, -0.2) is 54.1 Å². The topological polar surface area (TPSA) is 98.7 Å². The van der Waals surface area contributed by atoms with E-state index in [1.807, 2.05) is 13.8 Å². The van der Waals surface area contributed by atoms with E-state index in [-0.39, 0.29) is 18.2 Å². The van der Waals surface area contributed by atoms with Crippen LogP contribution in [0.1, 0.15) is 27.2 Å². The highest BCUT2D eigenvalue weighted by Gasteiger charge is 2.22. The first-order valence-corrected chi connectivity index (χ1v) is 6.15. The molecule has 19 heavy (non-hydrogen) atoms. The molecule has 0 fully saturated rings. The van der Waals surface area contributed by atoms with Gasteiger partial charge < -0.3 is 20.6 Å². The lowest BCUT2D eigenvalue weighted by Gasteiger charge is -2.23. The Balaban J connectivity index is 4.42. The lowest BCUT2D eigenvalue weighted by molar-refractivity contribution is -0.137. The molecule has 3 N–H and O–H groups in total. The number of aliphatic carboxylic acids is 1. The average Bonchev–Trinajstić information content (AvgIpc) is 2.25. The number of nitrogens with zero attached hydrogens (tertiary/aromatic N) is 1. The summed E-state index contributed by atoms with van der Waals surface area (Å²) in [5.41, 5.74) is 0. The zero-order chi connectivity index (χ0) is 15.2. The number of hydrogen-bond donors (Lipinski definition) is 3. The molecule has 0 saturated carbocycles. The first kappa shape index (κ1) is 17.2. The predicted octanol–water partition coefficient (Wildman–Crippen LogP) is 0.262. The predicted molar refractivity (Wildman–Crippen MR) is 70.7 cm³/mol. The fourth-order valence-electron chi connectivity index (χ4n) is 1.50. The molecule has 110 valence electrons. The van der Waals surface area contributed by atoms with Gasteiger partial charge in [-0.05, 0) is 12.8 Å². The van der Waals surface area contributed by atoms with Crippen LogP contribution in [0.4, 0.5) is 4.79 Å². The van der Waals surface area contributed by atoms with Crippen LogP contribution in [0, 0.1) is 5.92 Å². The maximum absolute atomic E-state index is 11.7. The number of carbonyl (C=O) groups is 3. The van der Waals surface area contributed by atoms with Crippen LogP contribution in [-0.2, 0) is 9.59 Å². The van der Waals surface area contributed by atoms with Gasteiger partial charge in [-0.15, -0.1) is 0 Å². The minimum absolute atomic E-state index is 0.0123. The number of carbonyl (C=O) groups excluding carboxylic acids is 2. The van der Waals surface area contributed by atoms with Crippen molar-refractivity contribution in [3.05, 3.63) is 0 Å². The summed E-state index contributed by atoms with van der Waals surface area (Å²) >= 11 is 0. The fraction of sp³-hybridized carbons (Fsp3) is 0.750. The molecule has 7 nitrogen and oxygen atoms in total. The first-order valence-electron chi connectivity index (χ1n) is 6.15. The Morgan fingerprint density at radius 3 is 2.00 bits per heavy atom. The minimum Gasteiger partial charge on any atom is -0.481 e. The van der Waals surface area contributed by atoms with Crippen LogP contribution < -0.4 is 10.6 Å². The summed E-state index contributed by atoms with van der Waals surface area (Å²) in [7, 11) is 3.19. The molecular formula is C12H23N3O4. The van der Waals surface area contributed by atoms with E-state index >= 15 is 0 Å². The van der Waals surface area contributed by atoms with Crippen LogP contribution in [0.25, 0.3) is 0 Å². The molecule has 0 aromatic rings. The van der Waals surface area contributed by atoms with Crippen LogP contribution in [0.3, 0.4) is 0 Å². The average molecular weight is 273 g/mol. The largest absolute Gasteiger partial charge is 0.481 e. The van der Waals surface area contributed by atoms with Gasteiger partial charge in [-0.1, -0.05) is 13.8 Å². The third kappa shape index (κ3) is 6.64. The number of amides is 3.